The highest BCUT2D eigenvalue weighted by Crippen LogP contribution is 2.64. The molecule has 2 unspecified atom stereocenters. The maximum Gasteiger partial charge on any atom is 0.127 e. The fraction of sp³-hybridized carbons (Fsp3) is 0.545. The van der Waals surface area contributed by atoms with Crippen molar-refractivity contribution in [2.45, 2.75) is 75.5 Å². The third-order valence-corrected chi connectivity index (χ3v) is 7.15. The summed E-state index contributed by atoms with van der Waals surface area (Å²) in [6.07, 6.45) is 9.65. The first-order valence-electron chi connectivity index (χ1n) is 9.61. The number of phenols is 2. The normalized spacial score (nSPS) is 29.3. The predicted octanol–water partition coefficient (Wildman–Crippen LogP) is 5.84. The van der Waals surface area contributed by atoms with Gasteiger partial charge in [-0.15, -0.1) is 0 Å². The average molecular weight is 322 g/mol. The van der Waals surface area contributed by atoms with Crippen LogP contribution in [0.5, 0.6) is 11.5 Å². The van der Waals surface area contributed by atoms with E-state index in [9.17, 15) is 10.2 Å². The van der Waals surface area contributed by atoms with Crippen LogP contribution >= 0.6 is 0 Å². The molecule has 126 valence electrons. The van der Waals surface area contributed by atoms with Crippen molar-refractivity contribution < 1.29 is 10.2 Å². The molecule has 2 N–H and O–H groups in total. The largest absolute Gasteiger partial charge is 0.507 e. The maximum absolute atomic E-state index is 11.2. The monoisotopic (exact) mass is 322 g/mol. The van der Waals surface area contributed by atoms with Crippen LogP contribution in [0.4, 0.5) is 0 Å². The van der Waals surface area contributed by atoms with Gasteiger partial charge in [0, 0.05) is 21.9 Å². The summed E-state index contributed by atoms with van der Waals surface area (Å²) >= 11 is 0. The highest BCUT2D eigenvalue weighted by atomic mass is 16.3. The van der Waals surface area contributed by atoms with Gasteiger partial charge in [0.2, 0.25) is 0 Å². The van der Waals surface area contributed by atoms with Crippen molar-refractivity contribution in [3.05, 3.63) is 34.9 Å². The minimum Gasteiger partial charge on any atom is -0.507 e. The predicted molar refractivity (Wildman–Crippen MR) is 97.0 cm³/mol. The Balaban J connectivity index is 1.81. The molecule has 2 nitrogen and oxygen atoms in total. The molecular weight excluding hydrogens is 296 g/mol. The molecule has 0 amide bonds. The van der Waals surface area contributed by atoms with E-state index in [1.54, 1.807) is 0 Å². The Bertz CT molecular complexity index is 832. The second-order valence-electron chi connectivity index (χ2n) is 8.59. The van der Waals surface area contributed by atoms with Gasteiger partial charge in [0.1, 0.15) is 11.5 Å². The van der Waals surface area contributed by atoms with Crippen LogP contribution in [0.2, 0.25) is 0 Å². The Morgan fingerprint density at radius 3 is 2.54 bits per heavy atom. The number of aromatic hydroxyl groups is 2. The molecule has 2 fully saturated rings. The van der Waals surface area contributed by atoms with Gasteiger partial charge in [-0.05, 0) is 54.9 Å². The smallest absolute Gasteiger partial charge is 0.127 e. The lowest BCUT2D eigenvalue weighted by Gasteiger charge is -2.29. The van der Waals surface area contributed by atoms with E-state index in [1.807, 2.05) is 6.07 Å². The Morgan fingerprint density at radius 2 is 1.75 bits per heavy atom. The summed E-state index contributed by atoms with van der Waals surface area (Å²) in [7, 11) is 0. The Labute approximate surface area is 143 Å². The fourth-order valence-electron chi connectivity index (χ4n) is 6.02. The number of rotatable bonds is 1. The molecule has 24 heavy (non-hydrogen) atoms. The van der Waals surface area contributed by atoms with E-state index in [1.165, 1.54) is 37.7 Å². The Hall–Kier alpha value is -1.70. The molecule has 2 atom stereocenters. The zero-order chi connectivity index (χ0) is 16.5. The first-order valence-corrected chi connectivity index (χ1v) is 9.61. The van der Waals surface area contributed by atoms with E-state index in [-0.39, 0.29) is 5.41 Å². The lowest BCUT2D eigenvalue weighted by atomic mass is 9.76. The topological polar surface area (TPSA) is 40.5 Å². The standard InChI is InChI=1S/C22H26O2/c1-22-11-10-14(12-22)17-19(22)20(23)16-9-5-8-15(18(16)21(17)24)13-6-3-2-4-7-13/h5,8-9,13-14,23-24H,2-4,6-7,10-12H2,1H3. The molecule has 0 saturated heterocycles. The van der Waals surface area contributed by atoms with E-state index >= 15 is 0 Å². The first kappa shape index (κ1) is 14.6. The molecule has 0 heterocycles. The van der Waals surface area contributed by atoms with Gasteiger partial charge in [-0.1, -0.05) is 44.4 Å². The second-order valence-corrected chi connectivity index (χ2v) is 8.59. The van der Waals surface area contributed by atoms with E-state index in [4.69, 9.17) is 0 Å². The summed E-state index contributed by atoms with van der Waals surface area (Å²) in [6.45, 7) is 2.26. The quantitative estimate of drug-likeness (QED) is 0.648. The average Bonchev–Trinajstić information content (AvgIpc) is 3.14. The van der Waals surface area contributed by atoms with Crippen molar-refractivity contribution in [3.63, 3.8) is 0 Å². The molecule has 2 heteroatoms. The number of benzene rings is 2. The van der Waals surface area contributed by atoms with Crippen LogP contribution in [0.25, 0.3) is 10.8 Å². The van der Waals surface area contributed by atoms with Crippen molar-refractivity contribution in [2.24, 2.45) is 0 Å². The van der Waals surface area contributed by atoms with Gasteiger partial charge >= 0.3 is 0 Å². The van der Waals surface area contributed by atoms with Crippen molar-refractivity contribution in [3.8, 4) is 11.5 Å². The summed E-state index contributed by atoms with van der Waals surface area (Å²) in [5.74, 6) is 1.88. The molecule has 2 aromatic rings. The summed E-state index contributed by atoms with van der Waals surface area (Å²) in [5, 5.41) is 24.1. The second kappa shape index (κ2) is 4.91. The summed E-state index contributed by atoms with van der Waals surface area (Å²) in [6, 6.07) is 6.23. The number of fused-ring (bicyclic) bond motifs is 6. The SMILES string of the molecule is CC12CCC(C1)c1c2c(O)c2cccc(C3CCCCC3)c2c1O. The van der Waals surface area contributed by atoms with E-state index in [2.05, 4.69) is 19.1 Å². The molecule has 0 radical (unpaired) electrons. The molecule has 2 saturated carbocycles. The maximum atomic E-state index is 11.2. The number of hydrogen-bond donors (Lipinski definition) is 2. The van der Waals surface area contributed by atoms with Gasteiger partial charge in [0.05, 0.1) is 0 Å². The molecule has 3 aliphatic carbocycles. The van der Waals surface area contributed by atoms with Gasteiger partial charge in [-0.2, -0.15) is 0 Å². The highest BCUT2D eigenvalue weighted by Gasteiger charge is 2.49. The molecule has 0 spiro atoms. The van der Waals surface area contributed by atoms with Crippen LogP contribution in [0.1, 0.15) is 86.8 Å². The molecule has 2 aromatic carbocycles. The van der Waals surface area contributed by atoms with Crippen molar-refractivity contribution >= 4 is 10.8 Å². The lowest BCUT2D eigenvalue weighted by Crippen LogP contribution is -2.16. The third kappa shape index (κ3) is 1.77. The fourth-order valence-corrected chi connectivity index (χ4v) is 6.02. The van der Waals surface area contributed by atoms with Crippen LogP contribution in [0, 0.1) is 0 Å². The molecule has 3 aliphatic rings. The van der Waals surface area contributed by atoms with Gasteiger partial charge < -0.3 is 10.2 Å². The van der Waals surface area contributed by atoms with Crippen LogP contribution in [-0.4, -0.2) is 10.2 Å². The Kier molecular flexibility index (Phi) is 2.99. The van der Waals surface area contributed by atoms with Crippen LogP contribution in [-0.2, 0) is 5.41 Å². The third-order valence-electron chi connectivity index (χ3n) is 7.15. The molecule has 0 aromatic heterocycles. The summed E-state index contributed by atoms with van der Waals surface area (Å²) in [5.41, 5.74) is 3.42. The Morgan fingerprint density at radius 1 is 0.958 bits per heavy atom. The minimum atomic E-state index is 0.0522. The highest BCUT2D eigenvalue weighted by molar-refractivity contribution is 5.99. The zero-order valence-electron chi connectivity index (χ0n) is 14.4. The van der Waals surface area contributed by atoms with Gasteiger partial charge in [0.15, 0.2) is 0 Å². The van der Waals surface area contributed by atoms with Gasteiger partial charge in [-0.3, -0.25) is 0 Å². The van der Waals surface area contributed by atoms with Crippen molar-refractivity contribution in [1.82, 2.24) is 0 Å². The molecule has 5 rings (SSSR count). The minimum absolute atomic E-state index is 0.0522. The first-order chi connectivity index (χ1) is 11.6. The number of hydrogen-bond acceptors (Lipinski definition) is 2. The summed E-state index contributed by atoms with van der Waals surface area (Å²) < 4.78 is 0. The van der Waals surface area contributed by atoms with Gasteiger partial charge in [0.25, 0.3) is 0 Å². The number of phenolic OH excluding ortho intramolecular Hbond substituents is 2. The summed E-state index contributed by atoms with van der Waals surface area (Å²) in [4.78, 5) is 0. The zero-order valence-corrected chi connectivity index (χ0v) is 14.4. The van der Waals surface area contributed by atoms with Crippen molar-refractivity contribution in [2.75, 3.05) is 0 Å². The van der Waals surface area contributed by atoms with E-state index in [0.717, 1.165) is 41.2 Å². The van der Waals surface area contributed by atoms with E-state index in [0.29, 0.717) is 23.3 Å². The molecule has 2 bridgehead atoms. The lowest BCUT2D eigenvalue weighted by molar-refractivity contribution is 0.425. The van der Waals surface area contributed by atoms with E-state index < -0.39 is 0 Å². The van der Waals surface area contributed by atoms with Crippen LogP contribution in [0.15, 0.2) is 18.2 Å². The van der Waals surface area contributed by atoms with Crippen molar-refractivity contribution in [1.29, 1.82) is 0 Å². The van der Waals surface area contributed by atoms with Crippen LogP contribution < -0.4 is 0 Å². The molecule has 0 aliphatic heterocycles. The molecular formula is C22H26O2. The van der Waals surface area contributed by atoms with Gasteiger partial charge in [-0.25, -0.2) is 0 Å². The van der Waals surface area contributed by atoms with Crippen LogP contribution in [0.3, 0.4) is 0 Å².